The van der Waals surface area contributed by atoms with E-state index in [1.807, 2.05) is 0 Å². The topological polar surface area (TPSA) is 74.6 Å². The molecule has 0 unspecified atom stereocenters. The van der Waals surface area contributed by atoms with Crippen molar-refractivity contribution in [2.24, 2.45) is 0 Å². The Morgan fingerprint density at radius 2 is 1.64 bits per heavy atom. The van der Waals surface area contributed by atoms with Crippen LogP contribution in [0.5, 0.6) is 0 Å². The molecule has 14 heavy (non-hydrogen) atoms. The van der Waals surface area contributed by atoms with Gasteiger partial charge in [-0.15, -0.1) is 0 Å². The van der Waals surface area contributed by atoms with Gasteiger partial charge in [-0.3, -0.25) is 0 Å². The van der Waals surface area contributed by atoms with Gasteiger partial charge in [0.2, 0.25) is 0 Å². The zero-order valence-corrected chi connectivity index (χ0v) is 7.43. The highest BCUT2D eigenvalue weighted by Gasteiger charge is 2.03. The lowest BCUT2D eigenvalue weighted by atomic mass is 10.2. The van der Waals surface area contributed by atoms with E-state index in [0.717, 1.165) is 12.2 Å². The minimum absolute atomic E-state index is 0.0533. The fraction of sp³-hybridized carbons (Fsp3) is 0. The van der Waals surface area contributed by atoms with Crippen LogP contribution < -0.4 is 0 Å². The summed E-state index contributed by atoms with van der Waals surface area (Å²) in [5, 5.41) is 17.0. The molecule has 0 radical (unpaired) electrons. The third-order valence-corrected chi connectivity index (χ3v) is 1.28. The van der Waals surface area contributed by atoms with Gasteiger partial charge in [0, 0.05) is 0 Å². The summed E-state index contributed by atoms with van der Waals surface area (Å²) in [5.41, 5.74) is -0.233. The second-order valence-corrected chi connectivity index (χ2v) is 2.33. The van der Waals surface area contributed by atoms with Gasteiger partial charge in [-0.05, 0) is 18.2 Å². The van der Waals surface area contributed by atoms with Crippen LogP contribution in [0.2, 0.25) is 0 Å². The average molecular weight is 194 g/mol. The largest absolute Gasteiger partial charge is 0.478 e. The summed E-state index contributed by atoms with van der Waals surface area (Å²) in [4.78, 5) is 20.8. The Bertz CT molecular complexity index is 334. The van der Waals surface area contributed by atoms with Crippen LogP contribution in [0.1, 0.15) is 0 Å². The predicted octanol–water partition coefficient (Wildman–Crippen LogP) is 1.38. The number of allylic oxidation sites excluding steroid dienone is 2. The molecular formula is C10H10O4. The van der Waals surface area contributed by atoms with E-state index in [-0.39, 0.29) is 11.1 Å². The van der Waals surface area contributed by atoms with Crippen molar-refractivity contribution in [3.63, 3.8) is 0 Å². The fourth-order valence-electron chi connectivity index (χ4n) is 0.587. The highest BCUT2D eigenvalue weighted by molar-refractivity contribution is 5.92. The Balaban J connectivity index is 4.70. The van der Waals surface area contributed by atoms with Crippen molar-refractivity contribution in [2.45, 2.75) is 0 Å². The molecule has 0 aromatic heterocycles. The average Bonchev–Trinajstić information content (AvgIpc) is 2.10. The second-order valence-electron chi connectivity index (χ2n) is 2.33. The smallest absolute Gasteiger partial charge is 0.335 e. The first kappa shape index (κ1) is 11.9. The van der Waals surface area contributed by atoms with Crippen molar-refractivity contribution in [2.75, 3.05) is 0 Å². The van der Waals surface area contributed by atoms with Crippen molar-refractivity contribution in [1.82, 2.24) is 0 Å². The Labute approximate surface area is 81.2 Å². The summed E-state index contributed by atoms with van der Waals surface area (Å²) in [6.07, 6.45) is 4.83. The minimum Gasteiger partial charge on any atom is -0.478 e. The third kappa shape index (κ3) is 4.06. The first-order valence-electron chi connectivity index (χ1n) is 3.65. The molecule has 0 amide bonds. The maximum atomic E-state index is 10.5. The molecule has 0 aliphatic rings. The first-order chi connectivity index (χ1) is 6.49. The number of carboxylic acid groups (broad SMARTS) is 2. The van der Waals surface area contributed by atoms with Gasteiger partial charge in [0.25, 0.3) is 0 Å². The quantitative estimate of drug-likeness (QED) is 0.512. The van der Waals surface area contributed by atoms with E-state index in [4.69, 9.17) is 10.2 Å². The van der Waals surface area contributed by atoms with Gasteiger partial charge in [-0.1, -0.05) is 19.2 Å². The summed E-state index contributed by atoms with van der Waals surface area (Å²) < 4.78 is 0. The van der Waals surface area contributed by atoms with Crippen LogP contribution in [-0.2, 0) is 9.59 Å². The van der Waals surface area contributed by atoms with Crippen molar-refractivity contribution >= 4 is 11.9 Å². The summed E-state index contributed by atoms with van der Waals surface area (Å²) >= 11 is 0. The Kier molecular flexibility index (Phi) is 4.70. The van der Waals surface area contributed by atoms with Gasteiger partial charge >= 0.3 is 11.9 Å². The number of carboxylic acids is 2. The molecule has 0 spiro atoms. The Morgan fingerprint density at radius 3 is 2.00 bits per heavy atom. The lowest BCUT2D eigenvalue weighted by Gasteiger charge is -1.93. The van der Waals surface area contributed by atoms with Crippen LogP contribution in [-0.4, -0.2) is 22.2 Å². The molecule has 0 heterocycles. The van der Waals surface area contributed by atoms with E-state index in [9.17, 15) is 9.59 Å². The number of hydrogen-bond acceptors (Lipinski definition) is 2. The van der Waals surface area contributed by atoms with Gasteiger partial charge in [0.05, 0.1) is 11.1 Å². The van der Waals surface area contributed by atoms with Crippen LogP contribution in [0.25, 0.3) is 0 Å². The Morgan fingerprint density at radius 1 is 1.07 bits per heavy atom. The Hall–Kier alpha value is -2.10. The van der Waals surface area contributed by atoms with E-state index in [1.54, 1.807) is 0 Å². The molecule has 0 rings (SSSR count). The van der Waals surface area contributed by atoms with Crippen LogP contribution in [0.3, 0.4) is 0 Å². The maximum absolute atomic E-state index is 10.5. The highest BCUT2D eigenvalue weighted by atomic mass is 16.4. The van der Waals surface area contributed by atoms with Crippen LogP contribution in [0, 0.1) is 0 Å². The van der Waals surface area contributed by atoms with E-state index in [1.165, 1.54) is 12.2 Å². The molecule has 0 aliphatic carbocycles. The molecule has 4 nitrogen and oxygen atoms in total. The molecular weight excluding hydrogens is 184 g/mol. The van der Waals surface area contributed by atoms with E-state index in [2.05, 4.69) is 13.2 Å². The predicted molar refractivity (Wildman–Crippen MR) is 51.8 cm³/mol. The number of carbonyl (C=O) groups is 2. The molecule has 2 N–H and O–H groups in total. The number of aliphatic carboxylic acids is 2. The van der Waals surface area contributed by atoms with E-state index in [0.29, 0.717) is 0 Å². The summed E-state index contributed by atoms with van der Waals surface area (Å²) in [6.45, 7) is 6.55. The fourth-order valence-corrected chi connectivity index (χ4v) is 0.587. The number of rotatable bonds is 5. The van der Waals surface area contributed by atoms with Crippen LogP contribution >= 0.6 is 0 Å². The first-order valence-corrected chi connectivity index (χ1v) is 3.65. The second kappa shape index (κ2) is 5.53. The highest BCUT2D eigenvalue weighted by Crippen LogP contribution is 2.01. The van der Waals surface area contributed by atoms with Crippen molar-refractivity contribution in [3.05, 3.63) is 48.6 Å². The summed E-state index contributed by atoms with van der Waals surface area (Å²) in [6, 6.07) is 0. The standard InChI is InChI=1S/C10H10O4/c1-3-4-8(10(13)14)6-5-7(2)9(11)12/h3-6H,1-2H2,(H,11,12)(H,13,14)/b6-5-,8-4+. The van der Waals surface area contributed by atoms with Crippen molar-refractivity contribution in [1.29, 1.82) is 0 Å². The van der Waals surface area contributed by atoms with Gasteiger partial charge in [0.15, 0.2) is 0 Å². The lowest BCUT2D eigenvalue weighted by Crippen LogP contribution is -1.99. The van der Waals surface area contributed by atoms with Gasteiger partial charge < -0.3 is 10.2 Å². The molecule has 0 fully saturated rings. The van der Waals surface area contributed by atoms with Crippen LogP contribution in [0.4, 0.5) is 0 Å². The molecule has 0 aromatic rings. The maximum Gasteiger partial charge on any atom is 0.335 e. The molecule has 0 atom stereocenters. The van der Waals surface area contributed by atoms with E-state index < -0.39 is 11.9 Å². The van der Waals surface area contributed by atoms with E-state index >= 15 is 0 Å². The minimum atomic E-state index is -1.19. The normalized spacial score (nSPS) is 11.3. The van der Waals surface area contributed by atoms with Gasteiger partial charge in [0.1, 0.15) is 0 Å². The van der Waals surface area contributed by atoms with Crippen LogP contribution in [0.15, 0.2) is 48.6 Å². The summed E-state index contributed by atoms with van der Waals surface area (Å²) in [5.74, 6) is -2.34. The third-order valence-electron chi connectivity index (χ3n) is 1.28. The lowest BCUT2D eigenvalue weighted by molar-refractivity contribution is -0.133. The molecule has 0 saturated carbocycles. The molecule has 74 valence electrons. The molecule has 0 aromatic carbocycles. The summed E-state index contributed by atoms with van der Waals surface area (Å²) in [7, 11) is 0. The molecule has 4 heteroatoms. The van der Waals surface area contributed by atoms with Gasteiger partial charge in [-0.25, -0.2) is 9.59 Å². The molecule has 0 bridgehead atoms. The molecule has 0 saturated heterocycles. The van der Waals surface area contributed by atoms with Crippen molar-refractivity contribution in [3.8, 4) is 0 Å². The SMILES string of the molecule is C=C/C=C(\C=C/C(=C)C(=O)O)C(=O)O. The zero-order chi connectivity index (χ0) is 11.1. The zero-order valence-electron chi connectivity index (χ0n) is 7.43. The van der Waals surface area contributed by atoms with Crippen molar-refractivity contribution < 1.29 is 19.8 Å². The number of hydrogen-bond donors (Lipinski definition) is 2. The van der Waals surface area contributed by atoms with Gasteiger partial charge in [-0.2, -0.15) is 0 Å². The molecule has 0 aliphatic heterocycles. The monoisotopic (exact) mass is 194 g/mol.